The molecule has 0 fully saturated rings. The zero-order chi connectivity index (χ0) is 13.4. The number of aromatic nitrogens is 2. The van der Waals surface area contributed by atoms with Gasteiger partial charge in [0.05, 0.1) is 20.5 Å². The summed E-state index contributed by atoms with van der Waals surface area (Å²) < 4.78 is 2.04. The minimum absolute atomic E-state index is 0.193. The molecule has 0 unspecified atom stereocenters. The van der Waals surface area contributed by atoms with E-state index in [1.165, 1.54) is 4.88 Å². The van der Waals surface area contributed by atoms with E-state index in [-0.39, 0.29) is 5.69 Å². The lowest BCUT2D eigenvalue weighted by molar-refractivity contribution is 1.19. The van der Waals surface area contributed by atoms with Crippen LogP contribution in [0.2, 0.25) is 0 Å². The zero-order valence-corrected chi connectivity index (χ0v) is 13.6. The van der Waals surface area contributed by atoms with E-state index in [9.17, 15) is 4.79 Å². The van der Waals surface area contributed by atoms with Gasteiger partial charge < -0.3 is 15.3 Å². The van der Waals surface area contributed by atoms with Crippen LogP contribution in [0.25, 0.3) is 11.0 Å². The molecule has 2 heterocycles. The summed E-state index contributed by atoms with van der Waals surface area (Å²) >= 11 is 8.64. The van der Waals surface area contributed by atoms with Crippen molar-refractivity contribution < 1.29 is 0 Å². The van der Waals surface area contributed by atoms with E-state index >= 15 is 0 Å². The van der Waals surface area contributed by atoms with Gasteiger partial charge in [-0.15, -0.1) is 11.3 Å². The average Bonchev–Trinajstić information content (AvgIpc) is 2.91. The van der Waals surface area contributed by atoms with Gasteiger partial charge in [-0.25, -0.2) is 4.79 Å². The molecule has 0 saturated heterocycles. The quantitative estimate of drug-likeness (QED) is 0.618. The van der Waals surface area contributed by atoms with E-state index in [1.54, 1.807) is 11.3 Å². The van der Waals surface area contributed by atoms with Gasteiger partial charge in [0.15, 0.2) is 0 Å². The number of anilines is 1. The molecule has 4 nitrogen and oxygen atoms in total. The van der Waals surface area contributed by atoms with Crippen LogP contribution in [0.1, 0.15) is 4.88 Å². The van der Waals surface area contributed by atoms with Crippen molar-refractivity contribution in [2.45, 2.75) is 6.54 Å². The first-order chi connectivity index (χ1) is 9.11. The highest BCUT2D eigenvalue weighted by atomic mass is 79.9. The Labute approximate surface area is 129 Å². The van der Waals surface area contributed by atoms with Crippen LogP contribution in [-0.2, 0) is 6.54 Å². The molecule has 3 rings (SSSR count). The van der Waals surface area contributed by atoms with E-state index < -0.39 is 0 Å². The fourth-order valence-corrected chi connectivity index (χ4v) is 3.73. The van der Waals surface area contributed by atoms with Gasteiger partial charge in [0.25, 0.3) is 0 Å². The summed E-state index contributed by atoms with van der Waals surface area (Å²) in [6, 6.07) is 7.91. The highest BCUT2D eigenvalue weighted by Gasteiger charge is 2.06. The molecule has 0 aliphatic carbocycles. The monoisotopic (exact) mass is 401 g/mol. The maximum absolute atomic E-state index is 11.2. The number of hydrogen-bond acceptors (Lipinski definition) is 3. The Balaban J connectivity index is 1.87. The molecular weight excluding hydrogens is 394 g/mol. The Kier molecular flexibility index (Phi) is 3.51. The van der Waals surface area contributed by atoms with Gasteiger partial charge in [-0.1, -0.05) is 0 Å². The number of thiophene rings is 1. The summed E-state index contributed by atoms with van der Waals surface area (Å²) in [5, 5.41) is 3.35. The molecule has 0 radical (unpaired) electrons. The largest absolute Gasteiger partial charge is 0.379 e. The fraction of sp³-hybridized carbons (Fsp3) is 0.0833. The first-order valence-electron chi connectivity index (χ1n) is 5.51. The Hall–Kier alpha value is -1.05. The van der Waals surface area contributed by atoms with Crippen LogP contribution in [0, 0.1) is 0 Å². The minimum atomic E-state index is -0.193. The Morgan fingerprint density at radius 1 is 1.16 bits per heavy atom. The lowest BCUT2D eigenvalue weighted by atomic mass is 10.2. The highest BCUT2D eigenvalue weighted by Crippen LogP contribution is 2.28. The van der Waals surface area contributed by atoms with Crippen LogP contribution in [-0.4, -0.2) is 9.97 Å². The summed E-state index contributed by atoms with van der Waals surface area (Å²) in [5.74, 6) is 0. The molecule has 0 aliphatic rings. The molecule has 3 aromatic rings. The van der Waals surface area contributed by atoms with Crippen LogP contribution in [0.5, 0.6) is 0 Å². The number of fused-ring (bicyclic) bond motifs is 1. The third-order valence-electron chi connectivity index (χ3n) is 2.69. The Bertz CT molecular complexity index is 790. The van der Waals surface area contributed by atoms with E-state index in [0.29, 0.717) is 0 Å². The van der Waals surface area contributed by atoms with Gasteiger partial charge in [-0.05, 0) is 56.1 Å². The first kappa shape index (κ1) is 13.0. The maximum atomic E-state index is 11.2. The van der Waals surface area contributed by atoms with Gasteiger partial charge in [0.2, 0.25) is 0 Å². The van der Waals surface area contributed by atoms with Crippen molar-refractivity contribution in [1.29, 1.82) is 0 Å². The van der Waals surface area contributed by atoms with E-state index in [1.807, 2.05) is 18.2 Å². The molecule has 0 aliphatic heterocycles. The van der Waals surface area contributed by atoms with Crippen molar-refractivity contribution in [2.24, 2.45) is 0 Å². The standard InChI is InChI=1S/C12H9Br2N3OS/c13-7-3-9-10(17-12(18)16-9)4-8(7)15-5-6-1-2-11(14)19-6/h1-4,15H,5H2,(H2,16,17,18). The number of hydrogen-bond donors (Lipinski definition) is 3. The van der Waals surface area contributed by atoms with Crippen molar-refractivity contribution in [1.82, 2.24) is 9.97 Å². The molecule has 2 aromatic heterocycles. The number of imidazole rings is 1. The van der Waals surface area contributed by atoms with Gasteiger partial charge >= 0.3 is 5.69 Å². The summed E-state index contributed by atoms with van der Waals surface area (Å²) in [7, 11) is 0. The van der Waals surface area contributed by atoms with Crippen LogP contribution >= 0.6 is 43.2 Å². The Morgan fingerprint density at radius 3 is 2.58 bits per heavy atom. The number of halogens is 2. The molecule has 3 N–H and O–H groups in total. The van der Waals surface area contributed by atoms with Crippen LogP contribution in [0.3, 0.4) is 0 Å². The third kappa shape index (κ3) is 2.77. The maximum Gasteiger partial charge on any atom is 0.323 e. The van der Waals surface area contributed by atoms with Crippen molar-refractivity contribution in [3.63, 3.8) is 0 Å². The van der Waals surface area contributed by atoms with Gasteiger partial charge in [0, 0.05) is 15.9 Å². The molecule has 0 amide bonds. The van der Waals surface area contributed by atoms with E-state index in [4.69, 9.17) is 0 Å². The summed E-state index contributed by atoms with van der Waals surface area (Å²) in [5.41, 5.74) is 2.35. The van der Waals surface area contributed by atoms with Crippen LogP contribution in [0.4, 0.5) is 5.69 Å². The van der Waals surface area contributed by atoms with Crippen LogP contribution in [0.15, 0.2) is 37.3 Å². The lowest BCUT2D eigenvalue weighted by Gasteiger charge is -2.07. The van der Waals surface area contributed by atoms with Crippen molar-refractivity contribution in [3.05, 3.63) is 47.9 Å². The molecule has 98 valence electrons. The summed E-state index contributed by atoms with van der Waals surface area (Å²) in [6.45, 7) is 0.745. The topological polar surface area (TPSA) is 60.7 Å². The minimum Gasteiger partial charge on any atom is -0.379 e. The molecule has 19 heavy (non-hydrogen) atoms. The number of aromatic amines is 2. The third-order valence-corrected chi connectivity index (χ3v) is 4.97. The summed E-state index contributed by atoms with van der Waals surface area (Å²) in [4.78, 5) is 18.0. The van der Waals surface area contributed by atoms with E-state index in [2.05, 4.69) is 53.2 Å². The fourth-order valence-electron chi connectivity index (χ4n) is 1.82. The van der Waals surface area contributed by atoms with Crippen molar-refractivity contribution in [3.8, 4) is 0 Å². The van der Waals surface area contributed by atoms with E-state index in [0.717, 1.165) is 31.5 Å². The normalized spacial score (nSPS) is 11.1. The smallest absolute Gasteiger partial charge is 0.323 e. The van der Waals surface area contributed by atoms with Gasteiger partial charge in [-0.3, -0.25) is 0 Å². The second kappa shape index (κ2) is 5.15. The van der Waals surface area contributed by atoms with Gasteiger partial charge in [-0.2, -0.15) is 0 Å². The molecule has 1 aromatic carbocycles. The molecule has 0 saturated carbocycles. The van der Waals surface area contributed by atoms with Crippen molar-refractivity contribution in [2.75, 3.05) is 5.32 Å². The second-order valence-electron chi connectivity index (χ2n) is 4.02. The summed E-state index contributed by atoms with van der Waals surface area (Å²) in [6.07, 6.45) is 0. The van der Waals surface area contributed by atoms with Crippen LogP contribution < -0.4 is 11.0 Å². The number of benzene rings is 1. The molecule has 7 heteroatoms. The molecular formula is C12H9Br2N3OS. The zero-order valence-electron chi connectivity index (χ0n) is 9.59. The highest BCUT2D eigenvalue weighted by molar-refractivity contribution is 9.11. The average molecular weight is 403 g/mol. The first-order valence-corrected chi connectivity index (χ1v) is 7.92. The number of H-pyrrole nitrogens is 2. The number of nitrogens with one attached hydrogen (secondary N) is 3. The predicted molar refractivity (Wildman–Crippen MR) is 86.0 cm³/mol. The second-order valence-corrected chi connectivity index (χ2v) is 7.42. The lowest BCUT2D eigenvalue weighted by Crippen LogP contribution is -1.99. The predicted octanol–water partition coefficient (Wildman–Crippen LogP) is 4.05. The van der Waals surface area contributed by atoms with Gasteiger partial charge in [0.1, 0.15) is 0 Å². The van der Waals surface area contributed by atoms with Crippen molar-refractivity contribution >= 4 is 59.9 Å². The number of rotatable bonds is 3. The SMILES string of the molecule is O=c1[nH]c2cc(Br)c(NCc3ccc(Br)s3)cc2[nH]1. The molecule has 0 bridgehead atoms. The Morgan fingerprint density at radius 2 is 1.89 bits per heavy atom. The molecule has 0 atom stereocenters. The molecule has 0 spiro atoms.